The molecule has 0 bridgehead atoms. The van der Waals surface area contributed by atoms with Gasteiger partial charge in [-0.05, 0) is 18.2 Å². The smallest absolute Gasteiger partial charge is 0.240 e. The minimum Gasteiger partial charge on any atom is -0.240 e. The number of rotatable bonds is 0. The summed E-state index contributed by atoms with van der Waals surface area (Å²) in [4.78, 5) is 3.04. The Bertz CT molecular complexity index is 593. The molecule has 1 aromatic carbocycles. The van der Waals surface area contributed by atoms with E-state index in [0.29, 0.717) is 12.1 Å². The topological polar surface area (TPSA) is 12.9 Å². The molecule has 0 fully saturated rings. The van der Waals surface area contributed by atoms with E-state index in [1.807, 2.05) is 0 Å². The molecule has 1 heterocycles. The highest BCUT2D eigenvalue weighted by molar-refractivity contribution is 6.35. The molecule has 90 valence electrons. The van der Waals surface area contributed by atoms with Crippen LogP contribution in [0, 0.1) is 11.6 Å². The van der Waals surface area contributed by atoms with Gasteiger partial charge in [-0.25, -0.2) is 13.8 Å². The molecule has 2 aromatic rings. The van der Waals surface area contributed by atoms with Crippen LogP contribution in [0.5, 0.6) is 0 Å². The van der Waals surface area contributed by atoms with Gasteiger partial charge in [0.25, 0.3) is 0 Å². The Morgan fingerprint density at radius 2 is 1.65 bits per heavy atom. The maximum Gasteiger partial charge on any atom is 0.433 e. The molecule has 7 heteroatoms. The lowest BCUT2D eigenvalue weighted by Crippen LogP contribution is -2.08. The number of nitrogens with zero attached hydrogens (tertiary/aromatic N) is 1. The van der Waals surface area contributed by atoms with Gasteiger partial charge < -0.3 is 0 Å². The SMILES string of the molecule is Fc1ccc(F)c2c(Cl)cc(C(F)(F)F)nc12. The number of fused-ring (bicyclic) bond motifs is 1. The van der Waals surface area contributed by atoms with E-state index in [4.69, 9.17) is 11.6 Å². The van der Waals surface area contributed by atoms with Crippen molar-refractivity contribution in [1.82, 2.24) is 4.98 Å². The van der Waals surface area contributed by atoms with Crippen LogP contribution in [0.2, 0.25) is 5.02 Å². The number of pyridine rings is 1. The summed E-state index contributed by atoms with van der Waals surface area (Å²) < 4.78 is 63.7. The maximum atomic E-state index is 13.3. The summed E-state index contributed by atoms with van der Waals surface area (Å²) in [6.07, 6.45) is -4.77. The fourth-order valence-corrected chi connectivity index (χ4v) is 1.65. The van der Waals surface area contributed by atoms with E-state index in [-0.39, 0.29) is 0 Å². The van der Waals surface area contributed by atoms with Crippen molar-refractivity contribution in [3.63, 3.8) is 0 Å². The van der Waals surface area contributed by atoms with Crippen LogP contribution in [0.25, 0.3) is 10.9 Å². The fourth-order valence-electron chi connectivity index (χ4n) is 1.37. The van der Waals surface area contributed by atoms with Gasteiger partial charge in [-0.2, -0.15) is 13.2 Å². The molecular formula is C10H3ClF5N. The summed E-state index contributed by atoms with van der Waals surface area (Å²) in [5.74, 6) is -1.98. The van der Waals surface area contributed by atoms with Gasteiger partial charge in [0.15, 0.2) is 0 Å². The molecule has 0 aliphatic rings. The first kappa shape index (κ1) is 12.0. The molecule has 1 aromatic heterocycles. The van der Waals surface area contributed by atoms with Crippen molar-refractivity contribution >= 4 is 22.5 Å². The van der Waals surface area contributed by atoms with E-state index in [1.165, 1.54) is 0 Å². The Balaban J connectivity index is 2.87. The van der Waals surface area contributed by atoms with Gasteiger partial charge in [0.2, 0.25) is 0 Å². The second-order valence-corrected chi connectivity index (χ2v) is 3.65. The molecule has 0 amide bonds. The van der Waals surface area contributed by atoms with Crippen LogP contribution in [0.15, 0.2) is 18.2 Å². The van der Waals surface area contributed by atoms with E-state index < -0.39 is 39.4 Å². The number of benzene rings is 1. The van der Waals surface area contributed by atoms with E-state index in [1.54, 1.807) is 0 Å². The van der Waals surface area contributed by atoms with Gasteiger partial charge in [0.05, 0.1) is 10.4 Å². The third-order valence-electron chi connectivity index (χ3n) is 2.10. The van der Waals surface area contributed by atoms with Gasteiger partial charge in [-0.1, -0.05) is 11.6 Å². The summed E-state index contributed by atoms with van der Waals surface area (Å²) in [6, 6.07) is 1.94. The van der Waals surface area contributed by atoms with Crippen molar-refractivity contribution in [3.05, 3.63) is 40.6 Å². The first-order chi connectivity index (χ1) is 7.80. The van der Waals surface area contributed by atoms with Crippen molar-refractivity contribution in [2.24, 2.45) is 0 Å². The van der Waals surface area contributed by atoms with E-state index in [9.17, 15) is 22.0 Å². The number of alkyl halides is 3. The highest BCUT2D eigenvalue weighted by Crippen LogP contribution is 2.34. The lowest BCUT2D eigenvalue weighted by molar-refractivity contribution is -0.140. The predicted molar refractivity (Wildman–Crippen MR) is 51.7 cm³/mol. The Kier molecular flexibility index (Phi) is 2.69. The molecule has 0 saturated carbocycles. The number of halogens is 6. The largest absolute Gasteiger partial charge is 0.433 e. The molecule has 0 aliphatic carbocycles. The van der Waals surface area contributed by atoms with Crippen LogP contribution in [-0.4, -0.2) is 4.98 Å². The highest BCUT2D eigenvalue weighted by Gasteiger charge is 2.34. The quantitative estimate of drug-likeness (QED) is 0.652. The van der Waals surface area contributed by atoms with Crippen LogP contribution in [0.3, 0.4) is 0 Å². The normalized spacial score (nSPS) is 12.1. The summed E-state index contributed by atoms with van der Waals surface area (Å²) in [7, 11) is 0. The van der Waals surface area contributed by atoms with Crippen LogP contribution in [-0.2, 0) is 6.18 Å². The zero-order valence-corrected chi connectivity index (χ0v) is 8.70. The van der Waals surface area contributed by atoms with Gasteiger partial charge in [-0.15, -0.1) is 0 Å². The summed E-state index contributed by atoms with van der Waals surface area (Å²) in [5.41, 5.74) is -2.09. The fraction of sp³-hybridized carbons (Fsp3) is 0.100. The first-order valence-electron chi connectivity index (χ1n) is 4.32. The molecular weight excluding hydrogens is 265 g/mol. The monoisotopic (exact) mass is 267 g/mol. The molecule has 0 aliphatic heterocycles. The van der Waals surface area contributed by atoms with Gasteiger partial charge in [0, 0.05) is 0 Å². The Hall–Kier alpha value is -1.43. The minimum absolute atomic E-state index is 0.459. The second-order valence-electron chi connectivity index (χ2n) is 3.24. The molecule has 0 N–H and O–H groups in total. The minimum atomic E-state index is -4.77. The van der Waals surface area contributed by atoms with Crippen molar-refractivity contribution in [1.29, 1.82) is 0 Å². The Morgan fingerprint density at radius 3 is 2.24 bits per heavy atom. The van der Waals surface area contributed by atoms with E-state index >= 15 is 0 Å². The molecule has 0 spiro atoms. The molecule has 0 atom stereocenters. The lowest BCUT2D eigenvalue weighted by Gasteiger charge is -2.09. The summed E-state index contributed by atoms with van der Waals surface area (Å²) >= 11 is 5.50. The summed E-state index contributed by atoms with van der Waals surface area (Å²) in [5, 5.41) is -0.987. The lowest BCUT2D eigenvalue weighted by atomic mass is 10.2. The molecule has 2 rings (SSSR count). The van der Waals surface area contributed by atoms with E-state index in [0.717, 1.165) is 6.07 Å². The van der Waals surface area contributed by atoms with Crippen LogP contribution >= 0.6 is 11.6 Å². The zero-order chi connectivity index (χ0) is 12.8. The average Bonchev–Trinajstić information content (AvgIpc) is 2.21. The van der Waals surface area contributed by atoms with Gasteiger partial charge >= 0.3 is 6.18 Å². The van der Waals surface area contributed by atoms with Gasteiger partial charge in [-0.3, -0.25) is 0 Å². The Morgan fingerprint density at radius 1 is 1.06 bits per heavy atom. The standard InChI is InChI=1S/C10H3ClF5N/c11-4-3-7(10(14,15)16)17-9-6(13)2-1-5(12)8(4)9/h1-3H. The maximum absolute atomic E-state index is 13.3. The van der Waals surface area contributed by atoms with Crippen molar-refractivity contribution < 1.29 is 22.0 Å². The molecule has 17 heavy (non-hydrogen) atoms. The van der Waals surface area contributed by atoms with Crippen LogP contribution in [0.4, 0.5) is 22.0 Å². The molecule has 0 radical (unpaired) electrons. The molecule has 0 unspecified atom stereocenters. The van der Waals surface area contributed by atoms with Crippen molar-refractivity contribution in [2.75, 3.05) is 0 Å². The van der Waals surface area contributed by atoms with Crippen molar-refractivity contribution in [3.8, 4) is 0 Å². The Labute approximate surface area is 96.8 Å². The predicted octanol–water partition coefficient (Wildman–Crippen LogP) is 4.19. The van der Waals surface area contributed by atoms with Crippen LogP contribution in [0.1, 0.15) is 5.69 Å². The average molecular weight is 268 g/mol. The second kappa shape index (κ2) is 3.80. The third kappa shape index (κ3) is 2.04. The number of hydrogen-bond acceptors (Lipinski definition) is 1. The first-order valence-corrected chi connectivity index (χ1v) is 4.70. The molecule has 1 nitrogen and oxygen atoms in total. The zero-order valence-electron chi connectivity index (χ0n) is 7.95. The number of aromatic nitrogens is 1. The highest BCUT2D eigenvalue weighted by atomic mass is 35.5. The molecule has 0 saturated heterocycles. The van der Waals surface area contributed by atoms with Gasteiger partial charge in [0.1, 0.15) is 22.8 Å². The summed E-state index contributed by atoms with van der Waals surface area (Å²) in [6.45, 7) is 0. The van der Waals surface area contributed by atoms with Crippen LogP contribution < -0.4 is 0 Å². The van der Waals surface area contributed by atoms with E-state index in [2.05, 4.69) is 4.98 Å². The third-order valence-corrected chi connectivity index (χ3v) is 2.40. The van der Waals surface area contributed by atoms with Crippen molar-refractivity contribution in [2.45, 2.75) is 6.18 Å². The number of hydrogen-bond donors (Lipinski definition) is 0.